The number of carbonyl (C=O) groups is 2. The molecule has 1 aliphatic rings. The van der Waals surface area contributed by atoms with E-state index in [1.54, 1.807) is 12.1 Å². The molecule has 1 unspecified atom stereocenters. The maximum atomic E-state index is 12.6. The van der Waals surface area contributed by atoms with E-state index in [1.807, 2.05) is 6.07 Å². The minimum Gasteiger partial charge on any atom is -0.478 e. The van der Waals surface area contributed by atoms with Gasteiger partial charge in [0, 0.05) is 5.69 Å². The number of nitrogens with two attached hydrogens (primary N) is 1. The summed E-state index contributed by atoms with van der Waals surface area (Å²) in [6.45, 7) is 8.99. The van der Waals surface area contributed by atoms with Crippen molar-refractivity contribution in [3.05, 3.63) is 64.7 Å². The van der Waals surface area contributed by atoms with E-state index in [0.717, 1.165) is 18.4 Å². The topological polar surface area (TPSA) is 92.4 Å². The Bertz CT molecular complexity index is 914. The van der Waals surface area contributed by atoms with E-state index in [4.69, 9.17) is 10.8 Å². The highest BCUT2D eigenvalue weighted by Crippen LogP contribution is 2.46. The van der Waals surface area contributed by atoms with Crippen LogP contribution in [0, 0.1) is 0 Å². The third-order valence-corrected chi connectivity index (χ3v) is 5.92. The first-order valence-corrected chi connectivity index (χ1v) is 9.56. The van der Waals surface area contributed by atoms with Gasteiger partial charge in [-0.3, -0.25) is 4.79 Å². The number of fused-ring (bicyclic) bond motifs is 1. The summed E-state index contributed by atoms with van der Waals surface area (Å²) in [5.41, 5.74) is 10.5. The summed E-state index contributed by atoms with van der Waals surface area (Å²) in [6, 6.07) is 11.4. The molecule has 0 spiro atoms. The van der Waals surface area contributed by atoms with Crippen LogP contribution in [0.15, 0.2) is 42.5 Å². The van der Waals surface area contributed by atoms with Gasteiger partial charge in [-0.2, -0.15) is 0 Å². The molecule has 1 aliphatic carbocycles. The van der Waals surface area contributed by atoms with Crippen LogP contribution in [-0.4, -0.2) is 17.0 Å². The lowest BCUT2D eigenvalue weighted by molar-refractivity contribution is -0.117. The van der Waals surface area contributed by atoms with E-state index in [0.29, 0.717) is 5.69 Å². The minimum absolute atomic E-state index is 0.0454. The van der Waals surface area contributed by atoms with E-state index in [2.05, 4.69) is 45.1 Å². The van der Waals surface area contributed by atoms with Gasteiger partial charge in [0.25, 0.3) is 0 Å². The van der Waals surface area contributed by atoms with Crippen LogP contribution in [0.25, 0.3) is 0 Å². The van der Waals surface area contributed by atoms with Crippen molar-refractivity contribution in [1.82, 2.24) is 0 Å². The fourth-order valence-electron chi connectivity index (χ4n) is 3.87. The number of benzene rings is 2. The van der Waals surface area contributed by atoms with Crippen molar-refractivity contribution in [2.75, 3.05) is 5.32 Å². The number of aromatic carboxylic acids is 1. The van der Waals surface area contributed by atoms with Crippen LogP contribution < -0.4 is 11.1 Å². The lowest BCUT2D eigenvalue weighted by Gasteiger charge is -2.42. The molecule has 1 amide bonds. The predicted octanol–water partition coefficient (Wildman–Crippen LogP) is 4.37. The van der Waals surface area contributed by atoms with E-state index in [9.17, 15) is 9.59 Å². The lowest BCUT2D eigenvalue weighted by atomic mass is 9.63. The highest BCUT2D eigenvalue weighted by molar-refractivity contribution is 5.96. The van der Waals surface area contributed by atoms with Gasteiger partial charge in [0.1, 0.15) is 6.04 Å². The molecule has 0 aliphatic heterocycles. The van der Waals surface area contributed by atoms with Gasteiger partial charge >= 0.3 is 5.97 Å². The zero-order chi connectivity index (χ0) is 20.7. The van der Waals surface area contributed by atoms with Crippen LogP contribution in [0.2, 0.25) is 0 Å². The number of hydrogen-bond acceptors (Lipinski definition) is 3. The lowest BCUT2D eigenvalue weighted by Crippen LogP contribution is -2.35. The van der Waals surface area contributed by atoms with Crippen LogP contribution >= 0.6 is 0 Å². The number of hydrogen-bond donors (Lipinski definition) is 3. The molecule has 0 saturated carbocycles. The Hall–Kier alpha value is -2.66. The Morgan fingerprint density at radius 2 is 1.54 bits per heavy atom. The SMILES string of the molecule is CC1(C)CCC(C)(C)c2cc(C(N)C(=O)Nc3ccc(C(=O)O)cc3)ccc21. The quantitative estimate of drug-likeness (QED) is 0.734. The van der Waals surface area contributed by atoms with Gasteiger partial charge in [-0.25, -0.2) is 4.79 Å². The summed E-state index contributed by atoms with van der Waals surface area (Å²) in [4.78, 5) is 23.6. The molecule has 0 bridgehead atoms. The third-order valence-electron chi connectivity index (χ3n) is 5.92. The predicted molar refractivity (Wildman–Crippen MR) is 111 cm³/mol. The number of carboxylic acid groups (broad SMARTS) is 1. The Labute approximate surface area is 166 Å². The minimum atomic E-state index is -1.01. The van der Waals surface area contributed by atoms with Gasteiger partial charge in [-0.05, 0) is 64.6 Å². The second-order valence-corrected chi connectivity index (χ2v) is 8.92. The molecule has 2 aromatic rings. The van der Waals surface area contributed by atoms with Gasteiger partial charge in [0.05, 0.1) is 5.56 Å². The number of carbonyl (C=O) groups excluding carboxylic acids is 1. The highest BCUT2D eigenvalue weighted by Gasteiger charge is 2.37. The largest absolute Gasteiger partial charge is 0.478 e. The Kier molecular flexibility index (Phi) is 5.06. The van der Waals surface area contributed by atoms with Crippen molar-refractivity contribution in [2.45, 2.75) is 57.4 Å². The molecule has 0 radical (unpaired) electrons. The van der Waals surface area contributed by atoms with Gasteiger partial charge in [-0.15, -0.1) is 0 Å². The fraction of sp³-hybridized carbons (Fsp3) is 0.391. The highest BCUT2D eigenvalue weighted by atomic mass is 16.4. The van der Waals surface area contributed by atoms with Crippen LogP contribution in [-0.2, 0) is 15.6 Å². The second-order valence-electron chi connectivity index (χ2n) is 8.92. The van der Waals surface area contributed by atoms with Crippen molar-refractivity contribution in [2.24, 2.45) is 5.73 Å². The summed E-state index contributed by atoms with van der Waals surface area (Å²) in [5.74, 6) is -1.33. The molecule has 5 heteroatoms. The average molecular weight is 380 g/mol. The van der Waals surface area contributed by atoms with Crippen LogP contribution in [0.5, 0.6) is 0 Å². The number of amides is 1. The smallest absolute Gasteiger partial charge is 0.335 e. The van der Waals surface area contributed by atoms with E-state index >= 15 is 0 Å². The Morgan fingerprint density at radius 1 is 0.964 bits per heavy atom. The summed E-state index contributed by atoms with van der Waals surface area (Å²) in [5, 5.41) is 11.7. The molecular weight excluding hydrogens is 352 g/mol. The Morgan fingerprint density at radius 3 is 2.11 bits per heavy atom. The third kappa shape index (κ3) is 3.80. The molecule has 28 heavy (non-hydrogen) atoms. The molecule has 0 saturated heterocycles. The van der Waals surface area contributed by atoms with Crippen molar-refractivity contribution < 1.29 is 14.7 Å². The average Bonchev–Trinajstić information content (AvgIpc) is 2.65. The van der Waals surface area contributed by atoms with Crippen molar-refractivity contribution >= 4 is 17.6 Å². The van der Waals surface area contributed by atoms with Crippen molar-refractivity contribution in [3.63, 3.8) is 0 Å². The molecule has 2 aromatic carbocycles. The maximum absolute atomic E-state index is 12.6. The first-order chi connectivity index (χ1) is 13.0. The van der Waals surface area contributed by atoms with Crippen LogP contribution in [0.1, 0.15) is 73.6 Å². The summed E-state index contributed by atoms with van der Waals surface area (Å²) in [7, 11) is 0. The molecular formula is C23H28N2O3. The van der Waals surface area contributed by atoms with Crippen molar-refractivity contribution in [3.8, 4) is 0 Å². The first kappa shape index (κ1) is 20.1. The standard InChI is InChI=1S/C23H28N2O3/c1-22(2)11-12-23(3,4)18-13-15(7-10-17(18)22)19(24)20(26)25-16-8-5-14(6-9-16)21(27)28/h5-10,13,19H,11-12,24H2,1-4H3,(H,25,26)(H,27,28). The van der Waals surface area contributed by atoms with E-state index in [1.165, 1.54) is 23.3 Å². The van der Waals surface area contributed by atoms with Crippen molar-refractivity contribution in [1.29, 1.82) is 0 Å². The maximum Gasteiger partial charge on any atom is 0.335 e. The van der Waals surface area contributed by atoms with Crippen LogP contribution in [0.3, 0.4) is 0 Å². The summed E-state index contributed by atoms with van der Waals surface area (Å²) >= 11 is 0. The van der Waals surface area contributed by atoms with Gasteiger partial charge in [0.15, 0.2) is 0 Å². The number of carboxylic acids is 1. The number of rotatable bonds is 4. The normalized spacial score (nSPS) is 18.0. The molecule has 3 rings (SSSR count). The van der Waals surface area contributed by atoms with Gasteiger partial charge < -0.3 is 16.2 Å². The van der Waals surface area contributed by atoms with E-state index in [-0.39, 0.29) is 22.3 Å². The molecule has 1 atom stereocenters. The fourth-order valence-corrected chi connectivity index (χ4v) is 3.87. The van der Waals surface area contributed by atoms with Gasteiger partial charge in [-0.1, -0.05) is 45.9 Å². The summed E-state index contributed by atoms with van der Waals surface area (Å²) in [6.07, 6.45) is 2.22. The molecule has 5 nitrogen and oxygen atoms in total. The molecule has 0 heterocycles. The molecule has 148 valence electrons. The number of nitrogens with one attached hydrogen (secondary N) is 1. The first-order valence-electron chi connectivity index (χ1n) is 9.56. The van der Waals surface area contributed by atoms with Crippen LogP contribution in [0.4, 0.5) is 5.69 Å². The zero-order valence-corrected chi connectivity index (χ0v) is 16.9. The summed E-state index contributed by atoms with van der Waals surface area (Å²) < 4.78 is 0. The molecule has 0 aromatic heterocycles. The molecule has 4 N–H and O–H groups in total. The van der Waals surface area contributed by atoms with E-state index < -0.39 is 12.0 Å². The molecule has 0 fully saturated rings. The van der Waals surface area contributed by atoms with Gasteiger partial charge in [0.2, 0.25) is 5.91 Å². The zero-order valence-electron chi connectivity index (χ0n) is 16.9. The Balaban J connectivity index is 1.83. The number of anilines is 1. The monoisotopic (exact) mass is 380 g/mol. The second kappa shape index (κ2) is 7.06.